The highest BCUT2D eigenvalue weighted by atomic mass is 19.4. The predicted molar refractivity (Wildman–Crippen MR) is 85.2 cm³/mol. The van der Waals surface area contributed by atoms with Crippen LogP contribution in [0.2, 0.25) is 0 Å². The van der Waals surface area contributed by atoms with E-state index in [4.69, 9.17) is 10.3 Å². The summed E-state index contributed by atoms with van der Waals surface area (Å²) in [5.41, 5.74) is 0.298. The molecular formula is C14H14F3N7O3. The number of hydrazine groups is 2. The van der Waals surface area contributed by atoms with Crippen LogP contribution < -0.4 is 5.84 Å². The minimum Gasteiger partial charge on any atom is -0.463 e. The highest BCUT2D eigenvalue weighted by Crippen LogP contribution is 2.40. The van der Waals surface area contributed by atoms with Gasteiger partial charge in [0.2, 0.25) is 6.29 Å². The zero-order valence-electron chi connectivity index (χ0n) is 13.7. The number of alkyl halides is 3. The Hall–Kier alpha value is -3.06. The Balaban J connectivity index is 1.85. The molecule has 3 N–H and O–H groups in total. The molecule has 0 radical (unpaired) electrons. The summed E-state index contributed by atoms with van der Waals surface area (Å²) in [5.74, 6) is 6.24. The molecule has 3 aliphatic heterocycles. The minimum absolute atomic E-state index is 0.109. The third kappa shape index (κ3) is 2.71. The Kier molecular flexibility index (Phi) is 3.85. The van der Waals surface area contributed by atoms with Crippen LogP contribution in [0.25, 0.3) is 5.70 Å². The van der Waals surface area contributed by atoms with E-state index in [1.807, 2.05) is 0 Å². The molecule has 1 saturated heterocycles. The van der Waals surface area contributed by atoms with E-state index in [2.05, 4.69) is 9.98 Å². The van der Waals surface area contributed by atoms with Crippen molar-refractivity contribution in [1.29, 1.82) is 0 Å². The fourth-order valence-electron chi connectivity index (χ4n) is 3.09. The first-order valence-electron chi connectivity index (χ1n) is 7.81. The number of carbonyl (C=O) groups excluding carboxylic acids is 1. The Labute approximate surface area is 150 Å². The number of aliphatic imine (C=N–C) groups is 2. The molecule has 0 saturated carbocycles. The maximum Gasteiger partial charge on any atom is 0.408 e. The van der Waals surface area contributed by atoms with E-state index in [0.717, 1.165) is 14.9 Å². The minimum atomic E-state index is -4.65. The van der Waals surface area contributed by atoms with Crippen LogP contribution in [0.5, 0.6) is 0 Å². The van der Waals surface area contributed by atoms with E-state index in [9.17, 15) is 23.1 Å². The van der Waals surface area contributed by atoms with E-state index in [1.54, 1.807) is 12.1 Å². The Morgan fingerprint density at radius 1 is 1.37 bits per heavy atom. The number of nitrogens with two attached hydrogens (primary N) is 1. The van der Waals surface area contributed by atoms with Crippen molar-refractivity contribution in [2.75, 3.05) is 19.7 Å². The first-order chi connectivity index (χ1) is 12.8. The molecule has 4 rings (SSSR count). The second-order valence-corrected chi connectivity index (χ2v) is 5.84. The van der Waals surface area contributed by atoms with Gasteiger partial charge >= 0.3 is 12.2 Å². The number of fused-ring (bicyclic) bond motifs is 3. The number of amidine groups is 1. The monoisotopic (exact) mass is 385 g/mol. The van der Waals surface area contributed by atoms with E-state index in [-0.39, 0.29) is 29.5 Å². The zero-order chi connectivity index (χ0) is 19.3. The van der Waals surface area contributed by atoms with Gasteiger partial charge in [0.1, 0.15) is 24.3 Å². The highest BCUT2D eigenvalue weighted by molar-refractivity contribution is 6.12. The number of rotatable bonds is 4. The highest BCUT2D eigenvalue weighted by Gasteiger charge is 2.54. The van der Waals surface area contributed by atoms with Crippen LogP contribution in [-0.2, 0) is 0 Å². The fourth-order valence-corrected chi connectivity index (χ4v) is 3.09. The van der Waals surface area contributed by atoms with Crippen molar-refractivity contribution in [1.82, 2.24) is 19.9 Å². The molecule has 27 heavy (non-hydrogen) atoms. The smallest absolute Gasteiger partial charge is 0.408 e. The molecule has 1 fully saturated rings. The molecule has 0 bridgehead atoms. The second kappa shape index (κ2) is 5.99. The first kappa shape index (κ1) is 17.4. The molecule has 0 aromatic carbocycles. The lowest BCUT2D eigenvalue weighted by Gasteiger charge is -2.31. The van der Waals surface area contributed by atoms with E-state index in [1.165, 1.54) is 12.6 Å². The van der Waals surface area contributed by atoms with Crippen molar-refractivity contribution in [3.8, 4) is 0 Å². The summed E-state index contributed by atoms with van der Waals surface area (Å²) < 4.78 is 44.6. The van der Waals surface area contributed by atoms with Gasteiger partial charge in [-0.1, -0.05) is 0 Å². The third-order valence-corrected chi connectivity index (χ3v) is 4.11. The van der Waals surface area contributed by atoms with Gasteiger partial charge in [-0.15, -0.1) is 0 Å². The predicted octanol–water partition coefficient (Wildman–Crippen LogP) is 0.371. The average molecular weight is 385 g/mol. The largest absolute Gasteiger partial charge is 0.463 e. The van der Waals surface area contributed by atoms with Crippen molar-refractivity contribution >= 4 is 23.9 Å². The van der Waals surface area contributed by atoms with Crippen LogP contribution in [0, 0.1) is 0 Å². The Bertz CT molecular complexity index is 849. The molecule has 1 unspecified atom stereocenters. The van der Waals surface area contributed by atoms with Gasteiger partial charge in [0.15, 0.2) is 11.6 Å². The summed E-state index contributed by atoms with van der Waals surface area (Å²) in [6, 6.07) is 2.24. The summed E-state index contributed by atoms with van der Waals surface area (Å²) in [6.45, 7) is -2.16. The van der Waals surface area contributed by atoms with Crippen molar-refractivity contribution in [3.05, 3.63) is 29.9 Å². The van der Waals surface area contributed by atoms with Crippen molar-refractivity contribution in [3.63, 3.8) is 0 Å². The number of furan rings is 1. The Morgan fingerprint density at radius 3 is 2.78 bits per heavy atom. The number of halogens is 3. The van der Waals surface area contributed by atoms with Crippen LogP contribution in [0.3, 0.4) is 0 Å². The van der Waals surface area contributed by atoms with E-state index < -0.39 is 31.6 Å². The number of aliphatic hydroxyl groups excluding tert-OH is 1. The van der Waals surface area contributed by atoms with Gasteiger partial charge in [-0.3, -0.25) is 4.90 Å². The van der Waals surface area contributed by atoms with Crippen LogP contribution in [0.15, 0.2) is 38.5 Å². The van der Waals surface area contributed by atoms with Crippen LogP contribution in [-0.4, -0.2) is 75.4 Å². The normalized spacial score (nSPS) is 22.0. The molecule has 1 atom stereocenters. The van der Waals surface area contributed by atoms with Gasteiger partial charge in [-0.05, 0) is 12.1 Å². The lowest BCUT2D eigenvalue weighted by Crippen LogP contribution is -2.48. The van der Waals surface area contributed by atoms with Crippen molar-refractivity contribution in [2.45, 2.75) is 12.5 Å². The van der Waals surface area contributed by atoms with Gasteiger partial charge in [0.25, 0.3) is 0 Å². The molecule has 1 aromatic rings. The second-order valence-electron chi connectivity index (χ2n) is 5.84. The van der Waals surface area contributed by atoms with Gasteiger partial charge in [-0.2, -0.15) is 13.2 Å². The number of hydrogen-bond acceptors (Lipinski definition) is 8. The standard InChI is InChI=1S/C14H14F3N7O3/c15-14(16,17)6-23-13(26)21(3-4-25)12-20-11-10(24(12)23)9(19-7-22(11)18)8-2-1-5-27-8/h1-2,5,7,12,25H,3-4,6,18H2. The SMILES string of the molecule is NN1C=NC(c2ccco2)=C2C1=NC1N(CCO)C(=O)N(CC(F)(F)F)N21. The van der Waals surface area contributed by atoms with Gasteiger partial charge in [0, 0.05) is 6.54 Å². The number of amides is 2. The van der Waals surface area contributed by atoms with Crippen LogP contribution >= 0.6 is 0 Å². The molecular weight excluding hydrogens is 371 g/mol. The topological polar surface area (TPSA) is 114 Å². The number of β-amino-alcohol motifs (C(OH)–C–C–N with tert-alkyl or cyclic N) is 1. The number of hydrogen-bond donors (Lipinski definition) is 2. The van der Waals surface area contributed by atoms with Gasteiger partial charge < -0.3 is 9.52 Å². The number of aliphatic hydroxyl groups is 1. The molecule has 1 aromatic heterocycles. The molecule has 0 spiro atoms. The van der Waals surface area contributed by atoms with Gasteiger partial charge in [-0.25, -0.2) is 35.6 Å². The summed E-state index contributed by atoms with van der Waals surface area (Å²) in [6.07, 6.45) is -3.13. The quantitative estimate of drug-likeness (QED) is 0.724. The lowest BCUT2D eigenvalue weighted by atomic mass is 10.2. The summed E-state index contributed by atoms with van der Waals surface area (Å²) in [4.78, 5) is 22.0. The molecule has 13 heteroatoms. The third-order valence-electron chi connectivity index (χ3n) is 4.11. The molecule has 2 amide bonds. The average Bonchev–Trinajstić information content (AvgIpc) is 3.29. The number of nitrogens with zero attached hydrogens (tertiary/aromatic N) is 6. The summed E-state index contributed by atoms with van der Waals surface area (Å²) in [7, 11) is 0. The molecule has 10 nitrogen and oxygen atoms in total. The molecule has 3 aliphatic rings. The van der Waals surface area contributed by atoms with Crippen LogP contribution in [0.4, 0.5) is 18.0 Å². The van der Waals surface area contributed by atoms with Crippen molar-refractivity contribution < 1.29 is 27.5 Å². The van der Waals surface area contributed by atoms with Gasteiger partial charge in [0.05, 0.1) is 12.9 Å². The zero-order valence-corrected chi connectivity index (χ0v) is 13.7. The maximum atomic E-state index is 13.1. The van der Waals surface area contributed by atoms with E-state index >= 15 is 0 Å². The molecule has 0 aliphatic carbocycles. The van der Waals surface area contributed by atoms with Crippen LogP contribution in [0.1, 0.15) is 5.76 Å². The number of carbonyl (C=O) groups is 1. The number of urea groups is 1. The van der Waals surface area contributed by atoms with Crippen molar-refractivity contribution in [2.24, 2.45) is 15.8 Å². The van der Waals surface area contributed by atoms with E-state index in [0.29, 0.717) is 5.01 Å². The fraction of sp³-hybridized carbons (Fsp3) is 0.357. The molecule has 144 valence electrons. The summed E-state index contributed by atoms with van der Waals surface area (Å²) >= 11 is 0. The first-order valence-corrected chi connectivity index (χ1v) is 7.81. The Morgan fingerprint density at radius 2 is 2.15 bits per heavy atom. The lowest BCUT2D eigenvalue weighted by molar-refractivity contribution is -0.158. The summed E-state index contributed by atoms with van der Waals surface area (Å²) in [5, 5.41) is 11.9. The maximum absolute atomic E-state index is 13.1. The molecule has 4 heterocycles.